The van der Waals surface area contributed by atoms with Gasteiger partial charge >= 0.3 is 5.97 Å². The number of benzene rings is 1. The molecule has 0 heterocycles. The van der Waals surface area contributed by atoms with Gasteiger partial charge in [0.2, 0.25) is 0 Å². The zero-order valence-corrected chi connectivity index (χ0v) is 11.2. The first-order valence-electron chi connectivity index (χ1n) is 5.51. The molecule has 2 atom stereocenters. The van der Waals surface area contributed by atoms with Crippen molar-refractivity contribution in [3.63, 3.8) is 0 Å². The second-order valence-electron chi connectivity index (χ2n) is 3.92. The first-order valence-corrected chi connectivity index (χ1v) is 6.42. The first kappa shape index (κ1) is 13.9. The number of hydrogen-bond donors (Lipinski definition) is 1. The van der Waals surface area contributed by atoms with Crippen molar-refractivity contribution in [2.24, 2.45) is 0 Å². The van der Waals surface area contributed by atoms with Gasteiger partial charge in [-0.25, -0.2) is 4.79 Å². The van der Waals surface area contributed by atoms with E-state index in [-0.39, 0.29) is 16.3 Å². The number of aromatic carboxylic acids is 1. The molecule has 17 heavy (non-hydrogen) atoms. The predicted octanol–water partition coefficient (Wildman–Crippen LogP) is 3.23. The Morgan fingerprint density at radius 1 is 1.41 bits per heavy atom. The van der Waals surface area contributed by atoms with Gasteiger partial charge in [-0.15, -0.1) is 0 Å². The number of aldehydes is 1. The van der Waals surface area contributed by atoms with Gasteiger partial charge in [0.1, 0.15) is 6.29 Å². The fourth-order valence-corrected chi connectivity index (χ4v) is 2.21. The van der Waals surface area contributed by atoms with Gasteiger partial charge < -0.3 is 9.90 Å². The normalized spacial score (nSPS) is 14.0. The summed E-state index contributed by atoms with van der Waals surface area (Å²) in [4.78, 5) is 21.2. The lowest BCUT2D eigenvalue weighted by Gasteiger charge is -2.16. The van der Waals surface area contributed by atoms with Crippen molar-refractivity contribution in [2.45, 2.75) is 30.5 Å². The minimum Gasteiger partial charge on any atom is -0.478 e. The number of halogens is 1. The molecule has 0 spiro atoms. The molecule has 0 saturated heterocycles. The lowest BCUT2D eigenvalue weighted by Crippen LogP contribution is -2.08. The van der Waals surface area contributed by atoms with Gasteiger partial charge in [-0.3, -0.25) is 0 Å². The fraction of sp³-hybridized carbons (Fsp3) is 0.385. The Morgan fingerprint density at radius 3 is 2.41 bits per heavy atom. The van der Waals surface area contributed by atoms with Crippen LogP contribution in [0.25, 0.3) is 0 Å². The van der Waals surface area contributed by atoms with E-state index < -0.39 is 5.97 Å². The van der Waals surface area contributed by atoms with Crippen molar-refractivity contribution in [1.29, 1.82) is 0 Å². The van der Waals surface area contributed by atoms with Crippen molar-refractivity contribution in [2.75, 3.05) is 0 Å². The Labute approximate surface area is 109 Å². The largest absolute Gasteiger partial charge is 0.478 e. The number of carbonyl (C=O) groups is 2. The Balaban J connectivity index is 2.82. The SMILES string of the molecule is CCC(CC(Br)C=O)c1ccc(C(=O)O)cc1. The molecule has 0 aliphatic heterocycles. The lowest BCUT2D eigenvalue weighted by atomic mass is 9.91. The summed E-state index contributed by atoms with van der Waals surface area (Å²) in [5, 5.41) is 8.80. The molecule has 92 valence electrons. The van der Waals surface area contributed by atoms with E-state index in [1.807, 2.05) is 12.1 Å². The maximum atomic E-state index is 10.7. The number of hydrogen-bond acceptors (Lipinski definition) is 2. The van der Waals surface area contributed by atoms with E-state index in [0.29, 0.717) is 0 Å². The van der Waals surface area contributed by atoms with Crippen LogP contribution in [0.3, 0.4) is 0 Å². The summed E-state index contributed by atoms with van der Waals surface area (Å²) in [6.07, 6.45) is 2.53. The Morgan fingerprint density at radius 2 is 2.00 bits per heavy atom. The maximum Gasteiger partial charge on any atom is 0.335 e. The number of carbonyl (C=O) groups excluding carboxylic acids is 1. The molecule has 0 aliphatic rings. The van der Waals surface area contributed by atoms with Gasteiger partial charge in [0.15, 0.2) is 0 Å². The quantitative estimate of drug-likeness (QED) is 0.648. The zero-order valence-electron chi connectivity index (χ0n) is 9.60. The first-order chi connectivity index (χ1) is 8.08. The maximum absolute atomic E-state index is 10.7. The van der Waals surface area contributed by atoms with Crippen LogP contribution in [0.15, 0.2) is 24.3 Å². The third kappa shape index (κ3) is 3.97. The second-order valence-corrected chi connectivity index (χ2v) is 5.10. The fourth-order valence-electron chi connectivity index (χ4n) is 1.76. The highest BCUT2D eigenvalue weighted by Crippen LogP contribution is 2.26. The van der Waals surface area contributed by atoms with Crippen molar-refractivity contribution in [3.8, 4) is 0 Å². The molecule has 3 nitrogen and oxygen atoms in total. The lowest BCUT2D eigenvalue weighted by molar-refractivity contribution is -0.107. The van der Waals surface area contributed by atoms with Crippen molar-refractivity contribution >= 4 is 28.2 Å². The molecule has 1 N–H and O–H groups in total. The smallest absolute Gasteiger partial charge is 0.335 e. The molecule has 0 aliphatic carbocycles. The Bertz CT molecular complexity index is 386. The van der Waals surface area contributed by atoms with Crippen molar-refractivity contribution < 1.29 is 14.7 Å². The van der Waals surface area contributed by atoms with E-state index in [0.717, 1.165) is 24.7 Å². The molecule has 1 rings (SSSR count). The Kier molecular flexibility index (Phi) is 5.35. The third-order valence-corrected chi connectivity index (χ3v) is 3.37. The van der Waals surface area contributed by atoms with E-state index in [1.165, 1.54) is 0 Å². The van der Waals surface area contributed by atoms with Crippen LogP contribution in [0.4, 0.5) is 0 Å². The van der Waals surface area contributed by atoms with Crippen molar-refractivity contribution in [1.82, 2.24) is 0 Å². The van der Waals surface area contributed by atoms with Gasteiger partial charge in [0, 0.05) is 0 Å². The number of rotatable bonds is 6. The molecule has 0 bridgehead atoms. The van der Waals surface area contributed by atoms with Gasteiger partial charge in [0.25, 0.3) is 0 Å². The van der Waals surface area contributed by atoms with Crippen LogP contribution >= 0.6 is 15.9 Å². The highest BCUT2D eigenvalue weighted by molar-refractivity contribution is 9.09. The van der Waals surface area contributed by atoms with Gasteiger partial charge in [-0.05, 0) is 36.5 Å². The molecule has 0 saturated carbocycles. The van der Waals surface area contributed by atoms with Crippen LogP contribution in [0.5, 0.6) is 0 Å². The molecule has 0 aromatic heterocycles. The van der Waals surface area contributed by atoms with Crippen LogP contribution in [-0.2, 0) is 4.79 Å². The van der Waals surface area contributed by atoms with Gasteiger partial charge in [0.05, 0.1) is 10.4 Å². The molecular formula is C13H15BrO3. The van der Waals surface area contributed by atoms with Crippen LogP contribution in [-0.4, -0.2) is 22.2 Å². The van der Waals surface area contributed by atoms with E-state index >= 15 is 0 Å². The Hall–Kier alpha value is -1.16. The number of alkyl halides is 1. The predicted molar refractivity (Wildman–Crippen MR) is 69.8 cm³/mol. The van der Waals surface area contributed by atoms with E-state index in [4.69, 9.17) is 5.11 Å². The minimum absolute atomic E-state index is 0.147. The van der Waals surface area contributed by atoms with Crippen LogP contribution in [0.2, 0.25) is 0 Å². The third-order valence-electron chi connectivity index (χ3n) is 2.78. The van der Waals surface area contributed by atoms with E-state index in [9.17, 15) is 9.59 Å². The molecule has 0 amide bonds. The molecule has 4 heteroatoms. The second kappa shape index (κ2) is 6.55. The molecular weight excluding hydrogens is 284 g/mol. The van der Waals surface area contributed by atoms with Gasteiger partial charge in [-0.1, -0.05) is 35.0 Å². The van der Waals surface area contributed by atoms with Crippen LogP contribution in [0, 0.1) is 0 Å². The molecule has 0 fully saturated rings. The monoisotopic (exact) mass is 298 g/mol. The summed E-state index contributed by atoms with van der Waals surface area (Å²) in [7, 11) is 0. The topological polar surface area (TPSA) is 54.4 Å². The highest BCUT2D eigenvalue weighted by atomic mass is 79.9. The van der Waals surface area contributed by atoms with Crippen LogP contribution < -0.4 is 0 Å². The average Bonchev–Trinajstić information content (AvgIpc) is 2.35. The minimum atomic E-state index is -0.921. The number of carboxylic acids is 1. The summed E-state index contributed by atoms with van der Waals surface area (Å²) in [6.45, 7) is 2.06. The molecule has 2 unspecified atom stereocenters. The summed E-state index contributed by atoms with van der Waals surface area (Å²) in [6, 6.07) is 6.85. The summed E-state index contributed by atoms with van der Waals surface area (Å²) < 4.78 is 0. The molecule has 0 radical (unpaired) electrons. The summed E-state index contributed by atoms with van der Waals surface area (Å²) >= 11 is 3.29. The zero-order chi connectivity index (χ0) is 12.8. The summed E-state index contributed by atoms with van der Waals surface area (Å²) in [5.74, 6) is -0.650. The molecule has 1 aromatic carbocycles. The van der Waals surface area contributed by atoms with Gasteiger partial charge in [-0.2, -0.15) is 0 Å². The average molecular weight is 299 g/mol. The summed E-state index contributed by atoms with van der Waals surface area (Å²) in [5.41, 5.74) is 1.36. The number of carboxylic acid groups (broad SMARTS) is 1. The van der Waals surface area contributed by atoms with E-state index in [2.05, 4.69) is 22.9 Å². The van der Waals surface area contributed by atoms with Crippen molar-refractivity contribution in [3.05, 3.63) is 35.4 Å². The van der Waals surface area contributed by atoms with Crippen LogP contribution in [0.1, 0.15) is 41.6 Å². The van der Waals surface area contributed by atoms with E-state index in [1.54, 1.807) is 12.1 Å². The molecule has 1 aromatic rings. The standard InChI is InChI=1S/C13H15BrO3/c1-2-9(7-12(14)8-15)10-3-5-11(6-4-10)13(16)17/h3-6,8-9,12H,2,7H2,1H3,(H,16,17). The highest BCUT2D eigenvalue weighted by Gasteiger charge is 2.14.